The van der Waals surface area contributed by atoms with Gasteiger partial charge in [-0.2, -0.15) is 0 Å². The second-order valence-electron chi connectivity index (χ2n) is 3.66. The minimum absolute atomic E-state index is 0.162. The smallest absolute Gasteiger partial charge is 0.0354 e. The van der Waals surface area contributed by atoms with E-state index in [2.05, 4.69) is 22.4 Å². The highest BCUT2D eigenvalue weighted by molar-refractivity contribution is 5.22. The third-order valence-corrected chi connectivity index (χ3v) is 2.34. The largest absolute Gasteiger partial charge is 0.323 e. The minimum atomic E-state index is 0.162. The second-order valence-corrected chi connectivity index (χ2v) is 3.66. The van der Waals surface area contributed by atoms with E-state index in [0.717, 1.165) is 19.5 Å². The molecule has 1 aliphatic heterocycles. The Morgan fingerprint density at radius 1 is 1.57 bits per heavy atom. The van der Waals surface area contributed by atoms with Crippen LogP contribution in [0.15, 0.2) is 36.2 Å². The van der Waals surface area contributed by atoms with Crippen LogP contribution >= 0.6 is 0 Å². The quantitative estimate of drug-likeness (QED) is 0.665. The molecule has 1 aliphatic rings. The molecule has 3 heteroatoms. The molecule has 1 atom stereocenters. The maximum atomic E-state index is 5.82. The molecule has 0 saturated heterocycles. The normalized spacial score (nSPS) is 21.8. The lowest BCUT2D eigenvalue weighted by atomic mass is 10.0. The summed E-state index contributed by atoms with van der Waals surface area (Å²) in [7, 11) is 0. The summed E-state index contributed by atoms with van der Waals surface area (Å²) >= 11 is 0. The SMILES string of the molecule is NC1C=C(Cc2cccnc2)CNC1. The molecule has 14 heavy (non-hydrogen) atoms. The fourth-order valence-electron chi connectivity index (χ4n) is 1.71. The molecule has 74 valence electrons. The summed E-state index contributed by atoms with van der Waals surface area (Å²) in [5.41, 5.74) is 8.43. The highest BCUT2D eigenvalue weighted by Crippen LogP contribution is 2.08. The van der Waals surface area contributed by atoms with Crippen molar-refractivity contribution in [3.05, 3.63) is 41.7 Å². The van der Waals surface area contributed by atoms with Crippen LogP contribution in [0.3, 0.4) is 0 Å². The summed E-state index contributed by atoms with van der Waals surface area (Å²) in [6.07, 6.45) is 6.81. The van der Waals surface area contributed by atoms with Gasteiger partial charge in [0.05, 0.1) is 0 Å². The predicted molar refractivity (Wildman–Crippen MR) is 56.9 cm³/mol. The van der Waals surface area contributed by atoms with E-state index in [1.54, 1.807) is 6.20 Å². The van der Waals surface area contributed by atoms with Gasteiger partial charge in [0.1, 0.15) is 0 Å². The van der Waals surface area contributed by atoms with Crippen LogP contribution in [0.4, 0.5) is 0 Å². The maximum absolute atomic E-state index is 5.82. The van der Waals surface area contributed by atoms with E-state index >= 15 is 0 Å². The van der Waals surface area contributed by atoms with Crippen molar-refractivity contribution in [3.63, 3.8) is 0 Å². The molecule has 0 amide bonds. The highest BCUT2D eigenvalue weighted by atomic mass is 14.9. The Morgan fingerprint density at radius 3 is 3.21 bits per heavy atom. The number of hydrogen-bond donors (Lipinski definition) is 2. The molecule has 1 aromatic rings. The van der Waals surface area contributed by atoms with Crippen molar-refractivity contribution in [2.75, 3.05) is 13.1 Å². The van der Waals surface area contributed by atoms with Crippen molar-refractivity contribution >= 4 is 0 Å². The summed E-state index contributed by atoms with van der Waals surface area (Å²) in [5, 5.41) is 3.29. The van der Waals surface area contributed by atoms with Gasteiger partial charge in [-0.1, -0.05) is 17.7 Å². The van der Waals surface area contributed by atoms with E-state index < -0.39 is 0 Å². The lowest BCUT2D eigenvalue weighted by Gasteiger charge is -2.19. The zero-order chi connectivity index (χ0) is 9.80. The molecule has 0 aromatic carbocycles. The molecular formula is C11H15N3. The maximum Gasteiger partial charge on any atom is 0.0354 e. The average Bonchev–Trinajstić information content (AvgIpc) is 2.19. The van der Waals surface area contributed by atoms with E-state index in [1.807, 2.05) is 12.3 Å². The summed E-state index contributed by atoms with van der Waals surface area (Å²) in [6.45, 7) is 1.83. The molecule has 0 spiro atoms. The molecule has 3 N–H and O–H groups in total. The van der Waals surface area contributed by atoms with E-state index in [-0.39, 0.29) is 6.04 Å². The van der Waals surface area contributed by atoms with E-state index in [0.29, 0.717) is 0 Å². The Labute approximate surface area is 84.0 Å². The van der Waals surface area contributed by atoms with E-state index in [9.17, 15) is 0 Å². The Balaban J connectivity index is 2.04. The summed E-state index contributed by atoms with van der Waals surface area (Å²) in [6, 6.07) is 4.22. The lowest BCUT2D eigenvalue weighted by molar-refractivity contribution is 0.627. The van der Waals surface area contributed by atoms with Crippen molar-refractivity contribution in [3.8, 4) is 0 Å². The number of pyridine rings is 1. The molecule has 1 aromatic heterocycles. The molecule has 2 rings (SSSR count). The number of aromatic nitrogens is 1. The molecule has 2 heterocycles. The van der Waals surface area contributed by atoms with Gasteiger partial charge in [-0.3, -0.25) is 4.98 Å². The zero-order valence-corrected chi connectivity index (χ0v) is 8.11. The first-order valence-corrected chi connectivity index (χ1v) is 4.89. The fourth-order valence-corrected chi connectivity index (χ4v) is 1.71. The third-order valence-electron chi connectivity index (χ3n) is 2.34. The zero-order valence-electron chi connectivity index (χ0n) is 8.11. The van der Waals surface area contributed by atoms with Crippen LogP contribution in [0, 0.1) is 0 Å². The fraction of sp³-hybridized carbons (Fsp3) is 0.364. The van der Waals surface area contributed by atoms with Gasteiger partial charge in [0.2, 0.25) is 0 Å². The second kappa shape index (κ2) is 4.35. The van der Waals surface area contributed by atoms with E-state index in [4.69, 9.17) is 5.73 Å². The molecule has 0 saturated carbocycles. The number of nitrogens with zero attached hydrogens (tertiary/aromatic N) is 1. The molecule has 0 aliphatic carbocycles. The van der Waals surface area contributed by atoms with E-state index in [1.165, 1.54) is 11.1 Å². The number of rotatable bonds is 2. The van der Waals surface area contributed by atoms with Crippen LogP contribution in [0.5, 0.6) is 0 Å². The predicted octanol–water partition coefficient (Wildman–Crippen LogP) is 0.481. The molecule has 0 bridgehead atoms. The summed E-state index contributed by atoms with van der Waals surface area (Å²) in [4.78, 5) is 4.09. The van der Waals surface area contributed by atoms with Gasteiger partial charge < -0.3 is 11.1 Å². The average molecular weight is 189 g/mol. The van der Waals surface area contributed by atoms with Crippen molar-refractivity contribution in [1.82, 2.24) is 10.3 Å². The van der Waals surface area contributed by atoms with Crippen LogP contribution in [0.1, 0.15) is 5.56 Å². The monoisotopic (exact) mass is 189 g/mol. The summed E-state index contributed by atoms with van der Waals surface area (Å²) in [5.74, 6) is 0. The first-order valence-electron chi connectivity index (χ1n) is 4.89. The van der Waals surface area contributed by atoms with Crippen molar-refractivity contribution in [1.29, 1.82) is 0 Å². The Kier molecular flexibility index (Phi) is 2.91. The van der Waals surface area contributed by atoms with Crippen molar-refractivity contribution in [2.45, 2.75) is 12.5 Å². The van der Waals surface area contributed by atoms with Crippen LogP contribution in [0.25, 0.3) is 0 Å². The number of nitrogens with two attached hydrogens (primary N) is 1. The Morgan fingerprint density at radius 2 is 2.50 bits per heavy atom. The van der Waals surface area contributed by atoms with Gasteiger partial charge >= 0.3 is 0 Å². The van der Waals surface area contributed by atoms with Gasteiger partial charge in [0.15, 0.2) is 0 Å². The topological polar surface area (TPSA) is 50.9 Å². The Hall–Kier alpha value is -1.19. The van der Waals surface area contributed by atoms with Crippen molar-refractivity contribution in [2.24, 2.45) is 5.73 Å². The van der Waals surface area contributed by atoms with Gasteiger partial charge in [-0.15, -0.1) is 0 Å². The third kappa shape index (κ3) is 2.40. The highest BCUT2D eigenvalue weighted by Gasteiger charge is 2.08. The lowest BCUT2D eigenvalue weighted by Crippen LogP contribution is -2.38. The molecule has 0 fully saturated rings. The first kappa shape index (κ1) is 9.37. The molecule has 1 unspecified atom stereocenters. The number of nitrogens with one attached hydrogen (secondary N) is 1. The summed E-state index contributed by atoms with van der Waals surface area (Å²) < 4.78 is 0. The van der Waals surface area contributed by atoms with Gasteiger partial charge in [-0.05, 0) is 18.1 Å². The van der Waals surface area contributed by atoms with Crippen molar-refractivity contribution < 1.29 is 0 Å². The minimum Gasteiger partial charge on any atom is -0.323 e. The molecule has 0 radical (unpaired) electrons. The first-order chi connectivity index (χ1) is 6.84. The van der Waals surface area contributed by atoms with Crippen LogP contribution in [0.2, 0.25) is 0 Å². The van der Waals surface area contributed by atoms with Crippen LogP contribution in [-0.2, 0) is 6.42 Å². The van der Waals surface area contributed by atoms with Gasteiger partial charge in [-0.25, -0.2) is 0 Å². The van der Waals surface area contributed by atoms with Crippen LogP contribution < -0.4 is 11.1 Å². The van der Waals surface area contributed by atoms with Gasteiger partial charge in [0, 0.05) is 31.5 Å². The Bertz CT molecular complexity index is 319. The molecular weight excluding hydrogens is 174 g/mol. The van der Waals surface area contributed by atoms with Gasteiger partial charge in [0.25, 0.3) is 0 Å². The van der Waals surface area contributed by atoms with Crippen LogP contribution in [-0.4, -0.2) is 24.1 Å². The molecule has 3 nitrogen and oxygen atoms in total. The standard InChI is InChI=1S/C11H15N3/c12-11-5-10(7-14-8-11)4-9-2-1-3-13-6-9/h1-3,5-6,11,14H,4,7-8,12H2. The number of hydrogen-bond acceptors (Lipinski definition) is 3.